The van der Waals surface area contributed by atoms with Crippen LogP contribution >= 0.6 is 0 Å². The van der Waals surface area contributed by atoms with Gasteiger partial charge in [0.15, 0.2) is 6.29 Å². The number of sulfonamides is 1. The van der Waals surface area contributed by atoms with E-state index in [1.807, 2.05) is 84.9 Å². The Labute approximate surface area is 309 Å². The highest BCUT2D eigenvalue weighted by Crippen LogP contribution is 2.39. The maximum atomic E-state index is 12.9. The Bertz CT molecular complexity index is 2090. The number of non-ortho nitro benzene ring substituents is 1. The van der Waals surface area contributed by atoms with Crippen LogP contribution in [0.2, 0.25) is 0 Å². The van der Waals surface area contributed by atoms with E-state index in [4.69, 9.17) is 9.47 Å². The zero-order valence-electron chi connectivity index (χ0n) is 29.2. The summed E-state index contributed by atoms with van der Waals surface area (Å²) < 4.78 is 41.8. The molecule has 2 aliphatic rings. The molecule has 53 heavy (non-hydrogen) atoms. The van der Waals surface area contributed by atoms with Gasteiger partial charge in [-0.3, -0.25) is 15.0 Å². The van der Waals surface area contributed by atoms with Crippen molar-refractivity contribution >= 4 is 21.4 Å². The van der Waals surface area contributed by atoms with Crippen LogP contribution in [-0.4, -0.2) is 62.2 Å². The number of nitro benzene ring substituents is 1. The Hall–Kier alpha value is -4.95. The molecule has 0 amide bonds. The first-order chi connectivity index (χ1) is 25.8. The summed E-state index contributed by atoms with van der Waals surface area (Å²) in [7, 11) is -3.67. The van der Waals surface area contributed by atoms with Gasteiger partial charge in [-0.15, -0.1) is 0 Å². The number of aliphatic hydroxyl groups excluding tert-OH is 1. The van der Waals surface area contributed by atoms with Crippen LogP contribution in [0.1, 0.15) is 41.1 Å². The normalized spacial score (nSPS) is 19.6. The molecule has 5 aromatic rings. The highest BCUT2D eigenvalue weighted by molar-refractivity contribution is 7.89. The summed E-state index contributed by atoms with van der Waals surface area (Å²) >= 11 is 0. The highest BCUT2D eigenvalue weighted by Gasteiger charge is 2.34. The van der Waals surface area contributed by atoms with E-state index in [0.29, 0.717) is 6.42 Å². The van der Waals surface area contributed by atoms with Crippen LogP contribution < -0.4 is 9.62 Å². The van der Waals surface area contributed by atoms with Crippen LogP contribution in [0.25, 0.3) is 11.1 Å². The number of anilines is 1. The summed E-state index contributed by atoms with van der Waals surface area (Å²) in [6.45, 7) is 4.09. The van der Waals surface area contributed by atoms with Gasteiger partial charge >= 0.3 is 0 Å². The van der Waals surface area contributed by atoms with E-state index in [9.17, 15) is 23.6 Å². The fraction of sp³-hybridized carbons (Fsp3) is 0.268. The largest absolute Gasteiger partial charge is 0.392 e. The number of aliphatic hydroxyl groups is 1. The van der Waals surface area contributed by atoms with Crippen LogP contribution in [0, 0.1) is 10.1 Å². The van der Waals surface area contributed by atoms with Crippen molar-refractivity contribution in [2.75, 3.05) is 37.6 Å². The van der Waals surface area contributed by atoms with E-state index in [1.165, 1.54) is 0 Å². The topological polar surface area (TPSA) is 134 Å². The number of hydrogen-bond acceptors (Lipinski definition) is 9. The van der Waals surface area contributed by atoms with Gasteiger partial charge in [0.1, 0.15) is 0 Å². The Morgan fingerprint density at radius 3 is 2.11 bits per heavy atom. The quantitative estimate of drug-likeness (QED) is 0.107. The lowest BCUT2D eigenvalue weighted by Gasteiger charge is -2.41. The second kappa shape index (κ2) is 16.4. The van der Waals surface area contributed by atoms with Crippen molar-refractivity contribution in [2.24, 2.45) is 0 Å². The van der Waals surface area contributed by atoms with Crippen molar-refractivity contribution in [3.8, 4) is 11.1 Å². The van der Waals surface area contributed by atoms with E-state index in [1.54, 1.807) is 42.5 Å². The first kappa shape index (κ1) is 36.4. The lowest BCUT2D eigenvalue weighted by molar-refractivity contribution is -0.384. The third-order valence-corrected chi connectivity index (χ3v) is 11.3. The Morgan fingerprint density at radius 2 is 1.43 bits per heavy atom. The van der Waals surface area contributed by atoms with E-state index in [2.05, 4.69) is 14.5 Å². The summed E-state index contributed by atoms with van der Waals surface area (Å²) in [5.74, 6) is 0. The average molecular weight is 735 g/mol. The van der Waals surface area contributed by atoms with Gasteiger partial charge in [-0.2, -0.15) is 0 Å². The number of benzene rings is 5. The molecule has 12 heteroatoms. The molecular formula is C41H42N4O7S. The molecule has 3 atom stereocenters. The monoisotopic (exact) mass is 734 g/mol. The average Bonchev–Trinajstić information content (AvgIpc) is 3.21. The Balaban J connectivity index is 1.05. The van der Waals surface area contributed by atoms with E-state index in [-0.39, 0.29) is 40.9 Å². The molecule has 274 valence electrons. The molecular weight excluding hydrogens is 693 g/mol. The van der Waals surface area contributed by atoms with Gasteiger partial charge in [0.2, 0.25) is 10.0 Å². The number of rotatable bonds is 12. The summed E-state index contributed by atoms with van der Waals surface area (Å²) in [5.41, 5.74) is 6.51. The molecule has 0 bridgehead atoms. The Morgan fingerprint density at radius 1 is 0.774 bits per heavy atom. The number of piperazine rings is 1. The van der Waals surface area contributed by atoms with Crippen LogP contribution in [0.15, 0.2) is 132 Å². The minimum atomic E-state index is -3.67. The molecule has 0 aromatic heterocycles. The minimum Gasteiger partial charge on any atom is -0.392 e. The van der Waals surface area contributed by atoms with Gasteiger partial charge in [-0.1, -0.05) is 91.0 Å². The van der Waals surface area contributed by atoms with E-state index < -0.39 is 16.3 Å². The smallest absolute Gasteiger partial charge is 0.269 e. The molecule has 7 rings (SSSR count). The van der Waals surface area contributed by atoms with E-state index >= 15 is 0 Å². The second-order valence-corrected chi connectivity index (χ2v) is 15.1. The molecule has 11 nitrogen and oxygen atoms in total. The molecule has 2 saturated heterocycles. The van der Waals surface area contributed by atoms with Crippen molar-refractivity contribution < 1.29 is 27.9 Å². The number of hydrogen-bond donors (Lipinski definition) is 2. The van der Waals surface area contributed by atoms with Crippen molar-refractivity contribution in [2.45, 2.75) is 43.0 Å². The number of nitrogens with one attached hydrogen (secondary N) is 1. The molecule has 0 aliphatic carbocycles. The zero-order valence-corrected chi connectivity index (χ0v) is 30.0. The van der Waals surface area contributed by atoms with Crippen molar-refractivity contribution in [1.29, 1.82) is 0 Å². The first-order valence-corrected chi connectivity index (χ1v) is 19.2. The molecule has 2 aliphatic heterocycles. The zero-order chi connectivity index (χ0) is 36.8. The standard InChI is InChI=1S/C41H42N4O7S/c46-29-30-10-12-32(13-11-30)40-26-37(28-43-22-24-44(25-23-43)35-18-20-36(21-19-35)45(47)48)51-41(52-40)33-16-14-31(15-17-33)39-9-5-4-6-34(39)27-42-53(49,50)38-7-2-1-3-8-38/h1-21,37,40-42,46H,22-29H2. The fourth-order valence-corrected chi connectivity index (χ4v) is 7.95. The second-order valence-electron chi connectivity index (χ2n) is 13.3. The third-order valence-electron chi connectivity index (χ3n) is 9.89. The molecule has 2 N–H and O–H groups in total. The highest BCUT2D eigenvalue weighted by atomic mass is 32.2. The third kappa shape index (κ3) is 8.82. The molecule has 0 spiro atoms. The summed E-state index contributed by atoms with van der Waals surface area (Å²) in [6.07, 6.45) is -0.271. The van der Waals surface area contributed by atoms with Crippen molar-refractivity contribution in [1.82, 2.24) is 9.62 Å². The van der Waals surface area contributed by atoms with Gasteiger partial charge in [-0.25, -0.2) is 13.1 Å². The van der Waals surface area contributed by atoms with Crippen LogP contribution in [-0.2, 0) is 32.6 Å². The van der Waals surface area contributed by atoms with Gasteiger partial charge in [-0.05, 0) is 52.1 Å². The predicted molar refractivity (Wildman–Crippen MR) is 203 cm³/mol. The van der Waals surface area contributed by atoms with Crippen molar-refractivity contribution in [3.05, 3.63) is 160 Å². The summed E-state index contributed by atoms with van der Waals surface area (Å²) in [6, 6.07) is 38.7. The SMILES string of the molecule is O=[N+]([O-])c1ccc(N2CCN(CC3CC(c4ccc(CO)cc4)OC(c4ccc(-c5ccccc5CNS(=O)(=O)c5ccccc5)cc4)O3)CC2)cc1. The van der Waals surface area contributed by atoms with Gasteiger partial charge in [0.25, 0.3) is 5.69 Å². The number of nitro groups is 1. The number of ether oxygens (including phenoxy) is 2. The lowest BCUT2D eigenvalue weighted by atomic mass is 9.97. The lowest BCUT2D eigenvalue weighted by Crippen LogP contribution is -2.49. The van der Waals surface area contributed by atoms with Crippen LogP contribution in [0.4, 0.5) is 11.4 Å². The van der Waals surface area contributed by atoms with Gasteiger partial charge < -0.3 is 19.5 Å². The fourth-order valence-electron chi connectivity index (χ4n) is 6.93. The molecule has 5 aromatic carbocycles. The maximum absolute atomic E-state index is 12.9. The molecule has 2 fully saturated rings. The van der Waals surface area contributed by atoms with Crippen LogP contribution in [0.3, 0.4) is 0 Å². The molecule has 2 heterocycles. The molecule has 0 saturated carbocycles. The summed E-state index contributed by atoms with van der Waals surface area (Å²) in [5, 5.41) is 20.7. The van der Waals surface area contributed by atoms with Gasteiger partial charge in [0.05, 0.1) is 28.6 Å². The molecule has 3 unspecified atom stereocenters. The Kier molecular flexibility index (Phi) is 11.3. The summed E-state index contributed by atoms with van der Waals surface area (Å²) in [4.78, 5) is 15.6. The predicted octanol–water partition coefficient (Wildman–Crippen LogP) is 6.60. The minimum absolute atomic E-state index is 0.0274. The van der Waals surface area contributed by atoms with Crippen LogP contribution in [0.5, 0.6) is 0 Å². The first-order valence-electron chi connectivity index (χ1n) is 17.7. The van der Waals surface area contributed by atoms with Crippen molar-refractivity contribution in [3.63, 3.8) is 0 Å². The van der Waals surface area contributed by atoms with Gasteiger partial charge in [0, 0.05) is 69.1 Å². The van der Waals surface area contributed by atoms with E-state index in [0.717, 1.165) is 71.8 Å². The number of nitrogens with zero attached hydrogens (tertiary/aromatic N) is 3. The molecule has 0 radical (unpaired) electrons. The maximum Gasteiger partial charge on any atom is 0.269 e.